The van der Waals surface area contributed by atoms with E-state index in [1.165, 1.54) is 0 Å². The molecule has 0 aliphatic carbocycles. The molecule has 20 heavy (non-hydrogen) atoms. The molecule has 6 heteroatoms. The molecular weight excluding hydrogens is 258 g/mol. The zero-order valence-electron chi connectivity index (χ0n) is 12.3. The van der Waals surface area contributed by atoms with Gasteiger partial charge in [-0.15, -0.1) is 0 Å². The van der Waals surface area contributed by atoms with Crippen molar-refractivity contribution in [2.75, 3.05) is 26.2 Å². The Labute approximate surface area is 119 Å². The fraction of sp³-hybridized carbons (Fsp3) is 0.857. The molecule has 6 nitrogen and oxygen atoms in total. The number of likely N-dealkylation sites (tertiary alicyclic amines) is 2. The Morgan fingerprint density at radius 2 is 2.05 bits per heavy atom. The van der Waals surface area contributed by atoms with Crippen LogP contribution >= 0.6 is 0 Å². The molecule has 2 amide bonds. The molecule has 0 spiro atoms. The quantitative estimate of drug-likeness (QED) is 0.790. The summed E-state index contributed by atoms with van der Waals surface area (Å²) in [4.78, 5) is 27.5. The lowest BCUT2D eigenvalue weighted by atomic mass is 9.76. The van der Waals surface area contributed by atoms with Crippen molar-refractivity contribution in [3.8, 4) is 0 Å². The van der Waals surface area contributed by atoms with Gasteiger partial charge in [-0.1, -0.05) is 13.8 Å². The van der Waals surface area contributed by atoms with Gasteiger partial charge in [0.2, 0.25) is 0 Å². The molecule has 0 saturated carbocycles. The molecule has 0 aromatic heterocycles. The van der Waals surface area contributed by atoms with E-state index in [1.54, 1.807) is 9.80 Å². The number of piperidine rings is 1. The Bertz CT molecular complexity index is 397. The molecule has 0 aromatic carbocycles. The van der Waals surface area contributed by atoms with Gasteiger partial charge in [0.25, 0.3) is 0 Å². The number of carboxylic acid groups (broad SMARTS) is 1. The van der Waals surface area contributed by atoms with Gasteiger partial charge in [-0.05, 0) is 37.1 Å². The highest BCUT2D eigenvalue weighted by Crippen LogP contribution is 2.36. The van der Waals surface area contributed by atoms with Crippen LogP contribution in [0.5, 0.6) is 0 Å². The smallest absolute Gasteiger partial charge is 0.327 e. The molecule has 2 fully saturated rings. The van der Waals surface area contributed by atoms with Gasteiger partial charge in [0.05, 0.1) is 0 Å². The van der Waals surface area contributed by atoms with Crippen molar-refractivity contribution in [3.05, 3.63) is 0 Å². The molecule has 0 aromatic rings. The van der Waals surface area contributed by atoms with Crippen molar-refractivity contribution < 1.29 is 14.7 Å². The van der Waals surface area contributed by atoms with E-state index in [2.05, 4.69) is 0 Å². The van der Waals surface area contributed by atoms with Crippen molar-refractivity contribution in [1.29, 1.82) is 0 Å². The Morgan fingerprint density at radius 3 is 2.60 bits per heavy atom. The van der Waals surface area contributed by atoms with Crippen molar-refractivity contribution >= 4 is 12.0 Å². The summed E-state index contributed by atoms with van der Waals surface area (Å²) in [6.45, 7) is 6.30. The molecule has 2 unspecified atom stereocenters. The third-order valence-electron chi connectivity index (χ3n) is 4.64. The molecule has 2 heterocycles. The van der Waals surface area contributed by atoms with E-state index in [0.717, 1.165) is 19.3 Å². The number of nitrogens with two attached hydrogens (primary N) is 1. The van der Waals surface area contributed by atoms with Crippen LogP contribution in [0.4, 0.5) is 4.79 Å². The second-order valence-electron chi connectivity index (χ2n) is 6.65. The van der Waals surface area contributed by atoms with Crippen LogP contribution < -0.4 is 5.73 Å². The second-order valence-corrected chi connectivity index (χ2v) is 6.65. The molecule has 2 rings (SSSR count). The van der Waals surface area contributed by atoms with E-state index >= 15 is 0 Å². The number of aliphatic carboxylic acids is 1. The predicted molar refractivity (Wildman–Crippen MR) is 75.3 cm³/mol. The van der Waals surface area contributed by atoms with Crippen LogP contribution in [0.1, 0.15) is 33.1 Å². The molecular formula is C14H25N3O3. The molecule has 114 valence electrons. The largest absolute Gasteiger partial charge is 0.480 e. The van der Waals surface area contributed by atoms with Gasteiger partial charge < -0.3 is 20.6 Å². The highest BCUT2D eigenvalue weighted by atomic mass is 16.4. The standard InChI is InChI=1S/C14H25N3O3/c1-14(2)5-3-6-17(11(14)12(18)19)13(20)16-7-4-10(8-15)9-16/h10-11H,3-9,15H2,1-2H3,(H,18,19). The van der Waals surface area contributed by atoms with Crippen LogP contribution in [-0.2, 0) is 4.79 Å². The SMILES string of the molecule is CC1(C)CCCN(C(=O)N2CCC(CN)C2)C1C(=O)O. The summed E-state index contributed by atoms with van der Waals surface area (Å²) in [6.07, 6.45) is 2.60. The first-order chi connectivity index (χ1) is 9.36. The van der Waals surface area contributed by atoms with Crippen molar-refractivity contribution in [2.24, 2.45) is 17.1 Å². The topological polar surface area (TPSA) is 86.9 Å². The zero-order chi connectivity index (χ0) is 14.9. The van der Waals surface area contributed by atoms with Gasteiger partial charge in [0.1, 0.15) is 6.04 Å². The van der Waals surface area contributed by atoms with E-state index in [9.17, 15) is 14.7 Å². The maximum Gasteiger partial charge on any atom is 0.327 e. The first-order valence-corrected chi connectivity index (χ1v) is 7.35. The first kappa shape index (κ1) is 15.1. The van der Waals surface area contributed by atoms with Crippen LogP contribution in [0.25, 0.3) is 0 Å². The van der Waals surface area contributed by atoms with Crippen LogP contribution in [0.15, 0.2) is 0 Å². The summed E-state index contributed by atoms with van der Waals surface area (Å²) in [5, 5.41) is 9.50. The molecule has 0 bridgehead atoms. The molecule has 3 N–H and O–H groups in total. The maximum atomic E-state index is 12.6. The molecule has 0 radical (unpaired) electrons. The summed E-state index contributed by atoms with van der Waals surface area (Å²) >= 11 is 0. The number of carbonyl (C=O) groups is 2. The van der Waals surface area contributed by atoms with E-state index in [0.29, 0.717) is 32.1 Å². The lowest BCUT2D eigenvalue weighted by Crippen LogP contribution is -2.59. The van der Waals surface area contributed by atoms with Gasteiger partial charge in [0, 0.05) is 19.6 Å². The number of rotatable bonds is 2. The third-order valence-corrected chi connectivity index (χ3v) is 4.64. The first-order valence-electron chi connectivity index (χ1n) is 7.35. The number of urea groups is 1. The van der Waals surface area contributed by atoms with Crippen molar-refractivity contribution in [1.82, 2.24) is 9.80 Å². The average Bonchev–Trinajstić information content (AvgIpc) is 2.84. The molecule has 2 aliphatic heterocycles. The zero-order valence-corrected chi connectivity index (χ0v) is 12.3. The number of nitrogens with zero attached hydrogens (tertiary/aromatic N) is 2. The Morgan fingerprint density at radius 1 is 1.35 bits per heavy atom. The molecule has 2 saturated heterocycles. The van der Waals surface area contributed by atoms with Crippen molar-refractivity contribution in [3.63, 3.8) is 0 Å². The second kappa shape index (κ2) is 5.60. The summed E-state index contributed by atoms with van der Waals surface area (Å²) in [5.74, 6) is -0.558. The Hall–Kier alpha value is -1.30. The highest BCUT2D eigenvalue weighted by Gasteiger charge is 2.46. The van der Waals surface area contributed by atoms with Crippen LogP contribution in [0.2, 0.25) is 0 Å². The van der Waals surface area contributed by atoms with Gasteiger partial charge in [-0.25, -0.2) is 9.59 Å². The molecule has 2 aliphatic rings. The van der Waals surface area contributed by atoms with Gasteiger partial charge in [-0.2, -0.15) is 0 Å². The predicted octanol–water partition coefficient (Wildman–Crippen LogP) is 0.962. The minimum absolute atomic E-state index is 0.138. The number of hydrogen-bond acceptors (Lipinski definition) is 3. The monoisotopic (exact) mass is 283 g/mol. The number of carboxylic acids is 1. The summed E-state index contributed by atoms with van der Waals surface area (Å²) in [5.41, 5.74) is 5.27. The minimum atomic E-state index is -0.905. The molecule has 2 atom stereocenters. The minimum Gasteiger partial charge on any atom is -0.480 e. The van der Waals surface area contributed by atoms with E-state index < -0.39 is 12.0 Å². The van der Waals surface area contributed by atoms with Crippen LogP contribution in [0, 0.1) is 11.3 Å². The van der Waals surface area contributed by atoms with E-state index in [1.807, 2.05) is 13.8 Å². The summed E-state index contributed by atoms with van der Waals surface area (Å²) in [7, 11) is 0. The fourth-order valence-corrected chi connectivity index (χ4v) is 3.45. The van der Waals surface area contributed by atoms with Crippen LogP contribution in [0.3, 0.4) is 0 Å². The number of carbonyl (C=O) groups excluding carboxylic acids is 1. The van der Waals surface area contributed by atoms with Gasteiger partial charge in [-0.3, -0.25) is 0 Å². The normalized spacial score (nSPS) is 29.6. The highest BCUT2D eigenvalue weighted by molar-refractivity contribution is 5.83. The van der Waals surface area contributed by atoms with E-state index in [4.69, 9.17) is 5.73 Å². The van der Waals surface area contributed by atoms with E-state index in [-0.39, 0.29) is 11.4 Å². The van der Waals surface area contributed by atoms with Crippen LogP contribution in [-0.4, -0.2) is 59.1 Å². The Balaban J connectivity index is 2.13. The summed E-state index contributed by atoms with van der Waals surface area (Å²) in [6, 6.07) is -0.873. The lowest BCUT2D eigenvalue weighted by molar-refractivity contribution is -0.148. The lowest BCUT2D eigenvalue weighted by Gasteiger charge is -2.45. The average molecular weight is 283 g/mol. The van der Waals surface area contributed by atoms with Gasteiger partial charge >= 0.3 is 12.0 Å². The van der Waals surface area contributed by atoms with Gasteiger partial charge in [0.15, 0.2) is 0 Å². The summed E-state index contributed by atoms with van der Waals surface area (Å²) < 4.78 is 0. The van der Waals surface area contributed by atoms with Crippen molar-refractivity contribution in [2.45, 2.75) is 39.2 Å². The fourth-order valence-electron chi connectivity index (χ4n) is 3.45. The number of hydrogen-bond donors (Lipinski definition) is 2. The maximum absolute atomic E-state index is 12.6. The Kier molecular flexibility index (Phi) is 4.22. The number of amides is 2. The third kappa shape index (κ3) is 2.75.